The predicted octanol–water partition coefficient (Wildman–Crippen LogP) is 3.05. The van der Waals surface area contributed by atoms with Gasteiger partial charge in [0.25, 0.3) is 5.56 Å². The van der Waals surface area contributed by atoms with Gasteiger partial charge in [0.05, 0.1) is 12.2 Å². The molecule has 0 bridgehead atoms. The van der Waals surface area contributed by atoms with Gasteiger partial charge in [-0.25, -0.2) is 9.67 Å². The van der Waals surface area contributed by atoms with Crippen LogP contribution in [-0.4, -0.2) is 14.8 Å². The molecule has 25 heavy (non-hydrogen) atoms. The maximum Gasteiger partial charge on any atom is 0.285 e. The predicted molar refractivity (Wildman–Crippen MR) is 93.2 cm³/mol. The lowest BCUT2D eigenvalue weighted by atomic mass is 10.1. The topological polar surface area (TPSA) is 84.7 Å². The molecule has 0 aliphatic heterocycles. The van der Waals surface area contributed by atoms with Gasteiger partial charge in [-0.1, -0.05) is 17.7 Å². The molecule has 0 fully saturated rings. The van der Waals surface area contributed by atoms with Gasteiger partial charge < -0.3 is 4.42 Å². The van der Waals surface area contributed by atoms with Crippen molar-refractivity contribution in [3.8, 4) is 17.5 Å². The van der Waals surface area contributed by atoms with Crippen molar-refractivity contribution in [3.05, 3.63) is 68.5 Å². The lowest BCUT2D eigenvalue weighted by Gasteiger charge is -2.07. The van der Waals surface area contributed by atoms with E-state index in [-0.39, 0.29) is 12.1 Å². The minimum Gasteiger partial charge on any atom is -0.444 e. The number of aromatic nitrogens is 3. The second-order valence-electron chi connectivity index (χ2n) is 6.12. The van der Waals surface area contributed by atoms with Crippen LogP contribution in [-0.2, 0) is 6.54 Å². The lowest BCUT2D eigenvalue weighted by Crippen LogP contribution is -2.28. The summed E-state index contributed by atoms with van der Waals surface area (Å²) in [4.78, 5) is 16.8. The summed E-state index contributed by atoms with van der Waals surface area (Å²) in [6, 6.07) is 7.99. The van der Waals surface area contributed by atoms with Crippen molar-refractivity contribution in [2.75, 3.05) is 0 Å². The van der Waals surface area contributed by atoms with Crippen LogP contribution in [0.3, 0.4) is 0 Å². The molecule has 2 heterocycles. The third kappa shape index (κ3) is 3.09. The van der Waals surface area contributed by atoms with E-state index in [1.54, 1.807) is 13.8 Å². The van der Waals surface area contributed by atoms with Crippen LogP contribution in [0.2, 0.25) is 0 Å². The van der Waals surface area contributed by atoms with E-state index in [1.165, 1.54) is 16.5 Å². The fraction of sp³-hybridized carbons (Fsp3) is 0.263. The minimum atomic E-state index is -0.415. The van der Waals surface area contributed by atoms with E-state index in [0.717, 1.165) is 11.1 Å². The van der Waals surface area contributed by atoms with Gasteiger partial charge in [-0.2, -0.15) is 10.4 Å². The number of benzene rings is 1. The summed E-state index contributed by atoms with van der Waals surface area (Å²) in [5, 5.41) is 13.5. The Labute approximate surface area is 145 Å². The SMILES string of the molecule is Cc1ccc(-c2nc(Cn3nc(C)c(C)c(C#N)c3=O)co2)c(C)c1. The van der Waals surface area contributed by atoms with Gasteiger partial charge in [0.2, 0.25) is 5.89 Å². The third-order valence-electron chi connectivity index (χ3n) is 4.22. The molecular weight excluding hydrogens is 316 g/mol. The molecule has 0 saturated heterocycles. The Morgan fingerprint density at radius 1 is 1.24 bits per heavy atom. The maximum atomic E-state index is 12.4. The molecule has 0 aliphatic carbocycles. The Balaban J connectivity index is 1.96. The molecule has 0 unspecified atom stereocenters. The van der Waals surface area contributed by atoms with E-state index in [9.17, 15) is 10.1 Å². The average molecular weight is 334 g/mol. The van der Waals surface area contributed by atoms with Gasteiger partial charge in [-0.3, -0.25) is 4.79 Å². The van der Waals surface area contributed by atoms with Crippen molar-refractivity contribution in [1.29, 1.82) is 5.26 Å². The van der Waals surface area contributed by atoms with Gasteiger partial charge in [-0.05, 0) is 44.9 Å². The number of nitrogens with zero attached hydrogens (tertiary/aromatic N) is 4. The van der Waals surface area contributed by atoms with Crippen LogP contribution in [0.5, 0.6) is 0 Å². The van der Waals surface area contributed by atoms with E-state index in [4.69, 9.17) is 4.42 Å². The van der Waals surface area contributed by atoms with Crippen molar-refractivity contribution >= 4 is 0 Å². The van der Waals surface area contributed by atoms with Crippen LogP contribution in [0.1, 0.15) is 33.6 Å². The summed E-state index contributed by atoms with van der Waals surface area (Å²) >= 11 is 0. The number of rotatable bonds is 3. The average Bonchev–Trinajstić information content (AvgIpc) is 3.01. The Bertz CT molecular complexity index is 1050. The summed E-state index contributed by atoms with van der Waals surface area (Å²) in [6.07, 6.45) is 1.52. The third-order valence-corrected chi connectivity index (χ3v) is 4.22. The Morgan fingerprint density at radius 2 is 2.00 bits per heavy atom. The second kappa shape index (κ2) is 6.36. The van der Waals surface area contributed by atoms with Crippen molar-refractivity contribution < 1.29 is 4.42 Å². The molecule has 6 nitrogen and oxygen atoms in total. The molecule has 0 N–H and O–H groups in total. The van der Waals surface area contributed by atoms with Crippen molar-refractivity contribution in [1.82, 2.24) is 14.8 Å². The summed E-state index contributed by atoms with van der Waals surface area (Å²) in [5.41, 5.74) is 4.69. The van der Waals surface area contributed by atoms with Crippen molar-refractivity contribution in [2.45, 2.75) is 34.2 Å². The first kappa shape index (κ1) is 16.7. The number of nitriles is 1. The first-order chi connectivity index (χ1) is 11.9. The zero-order valence-electron chi connectivity index (χ0n) is 14.6. The van der Waals surface area contributed by atoms with E-state index in [1.807, 2.05) is 32.0 Å². The van der Waals surface area contributed by atoms with Crippen LogP contribution in [0.15, 0.2) is 33.7 Å². The molecule has 0 amide bonds. The van der Waals surface area contributed by atoms with Crippen LogP contribution >= 0.6 is 0 Å². The number of aryl methyl sites for hydroxylation is 3. The highest BCUT2D eigenvalue weighted by atomic mass is 16.3. The molecule has 1 aromatic carbocycles. The van der Waals surface area contributed by atoms with Crippen LogP contribution in [0, 0.1) is 39.0 Å². The Hall–Kier alpha value is -3.20. The summed E-state index contributed by atoms with van der Waals surface area (Å²) in [6.45, 7) is 7.68. The quantitative estimate of drug-likeness (QED) is 0.735. The highest BCUT2D eigenvalue weighted by Gasteiger charge is 2.14. The molecule has 0 saturated carbocycles. The molecule has 0 spiro atoms. The monoisotopic (exact) mass is 334 g/mol. The molecule has 3 aromatic rings. The van der Waals surface area contributed by atoms with Gasteiger partial charge in [-0.15, -0.1) is 0 Å². The molecule has 126 valence electrons. The van der Waals surface area contributed by atoms with E-state index in [2.05, 4.69) is 16.1 Å². The lowest BCUT2D eigenvalue weighted by molar-refractivity contribution is 0.565. The highest BCUT2D eigenvalue weighted by molar-refractivity contribution is 5.59. The molecule has 0 radical (unpaired) electrons. The zero-order chi connectivity index (χ0) is 18.1. The van der Waals surface area contributed by atoms with Gasteiger partial charge in [0.1, 0.15) is 23.6 Å². The Morgan fingerprint density at radius 3 is 2.68 bits per heavy atom. The first-order valence-corrected chi connectivity index (χ1v) is 7.91. The number of hydrogen-bond donors (Lipinski definition) is 0. The number of oxazole rings is 1. The largest absolute Gasteiger partial charge is 0.444 e. The number of hydrogen-bond acceptors (Lipinski definition) is 5. The standard InChI is InChI=1S/C19H18N4O2/c1-11-5-6-16(12(2)7-11)18-21-15(10-25-18)9-23-19(24)17(8-20)13(3)14(4)22-23/h5-7,10H,9H2,1-4H3. The smallest absolute Gasteiger partial charge is 0.285 e. The summed E-state index contributed by atoms with van der Waals surface area (Å²) in [7, 11) is 0. The normalized spacial score (nSPS) is 10.7. The van der Waals surface area contributed by atoms with E-state index >= 15 is 0 Å². The highest BCUT2D eigenvalue weighted by Crippen LogP contribution is 2.23. The zero-order valence-corrected chi connectivity index (χ0v) is 14.6. The molecule has 2 aromatic heterocycles. The summed E-state index contributed by atoms with van der Waals surface area (Å²) in [5.74, 6) is 0.505. The van der Waals surface area contributed by atoms with E-state index < -0.39 is 5.56 Å². The second-order valence-corrected chi connectivity index (χ2v) is 6.12. The van der Waals surface area contributed by atoms with Crippen molar-refractivity contribution in [2.24, 2.45) is 0 Å². The molecule has 0 atom stereocenters. The van der Waals surface area contributed by atoms with Crippen LogP contribution < -0.4 is 5.56 Å². The molecule has 0 aliphatic rings. The maximum absolute atomic E-state index is 12.4. The van der Waals surface area contributed by atoms with E-state index in [0.29, 0.717) is 22.8 Å². The molecular formula is C19H18N4O2. The van der Waals surface area contributed by atoms with Gasteiger partial charge in [0, 0.05) is 5.56 Å². The minimum absolute atomic E-state index is 0.116. The summed E-state index contributed by atoms with van der Waals surface area (Å²) < 4.78 is 6.83. The van der Waals surface area contributed by atoms with Gasteiger partial charge in [0.15, 0.2) is 0 Å². The van der Waals surface area contributed by atoms with Crippen LogP contribution in [0.25, 0.3) is 11.5 Å². The fourth-order valence-corrected chi connectivity index (χ4v) is 2.72. The van der Waals surface area contributed by atoms with Crippen molar-refractivity contribution in [3.63, 3.8) is 0 Å². The van der Waals surface area contributed by atoms with Crippen LogP contribution in [0.4, 0.5) is 0 Å². The molecule has 6 heteroatoms. The Kier molecular flexibility index (Phi) is 4.24. The van der Waals surface area contributed by atoms with Gasteiger partial charge >= 0.3 is 0 Å². The first-order valence-electron chi connectivity index (χ1n) is 7.91. The fourth-order valence-electron chi connectivity index (χ4n) is 2.72. The molecule has 3 rings (SSSR count).